The van der Waals surface area contributed by atoms with Crippen molar-refractivity contribution in [3.63, 3.8) is 0 Å². The van der Waals surface area contributed by atoms with Crippen molar-refractivity contribution in [3.8, 4) is 0 Å². The Morgan fingerprint density at radius 2 is 1.93 bits per heavy atom. The zero-order chi connectivity index (χ0) is 19.5. The lowest BCUT2D eigenvalue weighted by Crippen LogP contribution is -2.39. The Hall–Kier alpha value is -2.12. The van der Waals surface area contributed by atoms with E-state index < -0.39 is 0 Å². The Bertz CT molecular complexity index is 603. The van der Waals surface area contributed by atoms with Crippen molar-refractivity contribution >= 4 is 11.9 Å². The second-order valence-electron chi connectivity index (χ2n) is 6.94. The van der Waals surface area contributed by atoms with E-state index in [-0.39, 0.29) is 24.4 Å². The van der Waals surface area contributed by atoms with Crippen LogP contribution >= 0.6 is 0 Å². The lowest BCUT2D eigenvalue weighted by atomic mass is 10.1. The average Bonchev–Trinajstić information content (AvgIpc) is 2.67. The van der Waals surface area contributed by atoms with E-state index in [2.05, 4.69) is 33.0 Å². The fraction of sp³-hybridized carbons (Fsp3) is 0.600. The van der Waals surface area contributed by atoms with Crippen molar-refractivity contribution in [1.82, 2.24) is 20.9 Å². The fourth-order valence-corrected chi connectivity index (χ4v) is 2.84. The molecule has 1 atom stereocenters. The van der Waals surface area contributed by atoms with E-state index in [1.165, 1.54) is 5.56 Å². The molecule has 0 aliphatic carbocycles. The molecule has 7 nitrogen and oxygen atoms in total. The largest absolute Gasteiger partial charge is 0.379 e. The lowest BCUT2D eigenvalue weighted by Gasteiger charge is -2.26. The predicted molar refractivity (Wildman–Crippen MR) is 105 cm³/mol. The number of nitrogens with zero attached hydrogens (tertiary/aromatic N) is 1. The highest BCUT2D eigenvalue weighted by Crippen LogP contribution is 2.10. The maximum absolute atomic E-state index is 11.9. The second-order valence-corrected chi connectivity index (χ2v) is 6.94. The first-order valence-corrected chi connectivity index (χ1v) is 9.75. The summed E-state index contributed by atoms with van der Waals surface area (Å²) < 4.78 is 5.38. The zero-order valence-electron chi connectivity index (χ0n) is 16.4. The molecule has 27 heavy (non-hydrogen) atoms. The molecular formula is C20H32N4O3. The molecule has 0 radical (unpaired) electrons. The van der Waals surface area contributed by atoms with Crippen LogP contribution in [0, 0.1) is 0 Å². The molecule has 2 rings (SSSR count). The summed E-state index contributed by atoms with van der Waals surface area (Å²) in [6, 6.07) is 8.15. The monoisotopic (exact) mass is 376 g/mol. The minimum Gasteiger partial charge on any atom is -0.379 e. The van der Waals surface area contributed by atoms with Crippen LogP contribution in [0.25, 0.3) is 0 Å². The third-order valence-electron chi connectivity index (χ3n) is 4.61. The molecule has 0 aromatic heterocycles. The highest BCUT2D eigenvalue weighted by Gasteiger charge is 2.11. The van der Waals surface area contributed by atoms with Crippen molar-refractivity contribution in [2.75, 3.05) is 32.8 Å². The Balaban J connectivity index is 1.67. The van der Waals surface area contributed by atoms with Gasteiger partial charge in [-0.1, -0.05) is 31.2 Å². The molecule has 0 spiro atoms. The molecule has 0 saturated carbocycles. The molecule has 0 bridgehead atoms. The van der Waals surface area contributed by atoms with Gasteiger partial charge in [0.25, 0.3) is 0 Å². The average molecular weight is 377 g/mol. The van der Waals surface area contributed by atoms with Gasteiger partial charge in [0, 0.05) is 45.2 Å². The van der Waals surface area contributed by atoms with Gasteiger partial charge in [0.05, 0.1) is 13.2 Å². The third-order valence-corrected chi connectivity index (χ3v) is 4.61. The van der Waals surface area contributed by atoms with E-state index >= 15 is 0 Å². The molecule has 1 aliphatic rings. The number of amides is 3. The van der Waals surface area contributed by atoms with Gasteiger partial charge in [-0.05, 0) is 24.5 Å². The topological polar surface area (TPSA) is 82.7 Å². The molecule has 1 aromatic rings. The number of ether oxygens (including phenoxy) is 1. The number of rotatable bonds is 9. The summed E-state index contributed by atoms with van der Waals surface area (Å²) in [5.41, 5.74) is 2.30. The Kier molecular flexibility index (Phi) is 9.07. The van der Waals surface area contributed by atoms with E-state index in [9.17, 15) is 9.59 Å². The van der Waals surface area contributed by atoms with Gasteiger partial charge in [0.2, 0.25) is 5.91 Å². The summed E-state index contributed by atoms with van der Waals surface area (Å²) in [4.78, 5) is 25.9. The van der Waals surface area contributed by atoms with Crippen LogP contribution in [0.3, 0.4) is 0 Å². The maximum atomic E-state index is 11.9. The summed E-state index contributed by atoms with van der Waals surface area (Å²) in [6.07, 6.45) is 1.18. The number of hydrogen-bond donors (Lipinski definition) is 3. The van der Waals surface area contributed by atoms with Crippen LogP contribution in [0.4, 0.5) is 4.79 Å². The molecule has 7 heteroatoms. The first kappa shape index (κ1) is 21.2. The van der Waals surface area contributed by atoms with Crippen molar-refractivity contribution in [2.45, 2.75) is 45.8 Å². The normalized spacial score (nSPS) is 15.8. The number of morpholine rings is 1. The van der Waals surface area contributed by atoms with Gasteiger partial charge < -0.3 is 20.7 Å². The fourth-order valence-electron chi connectivity index (χ4n) is 2.84. The van der Waals surface area contributed by atoms with E-state index in [1.807, 2.05) is 26.0 Å². The van der Waals surface area contributed by atoms with Gasteiger partial charge in [-0.2, -0.15) is 0 Å². The number of urea groups is 1. The number of nitrogens with one attached hydrogen (secondary N) is 3. The summed E-state index contributed by atoms with van der Waals surface area (Å²) in [7, 11) is 0. The first-order chi connectivity index (χ1) is 13.1. The lowest BCUT2D eigenvalue weighted by molar-refractivity contribution is -0.121. The highest BCUT2D eigenvalue weighted by molar-refractivity contribution is 5.78. The Morgan fingerprint density at radius 3 is 2.67 bits per heavy atom. The first-order valence-electron chi connectivity index (χ1n) is 9.75. The van der Waals surface area contributed by atoms with Gasteiger partial charge in [-0.15, -0.1) is 0 Å². The Labute approximate surface area is 161 Å². The SMILES string of the molecule is CCC(C)NC(=O)CCNC(=O)NCc1cccc(CN2CCOCC2)c1. The summed E-state index contributed by atoms with van der Waals surface area (Å²) >= 11 is 0. The van der Waals surface area contributed by atoms with Gasteiger partial charge in [-0.3, -0.25) is 9.69 Å². The molecular weight excluding hydrogens is 344 g/mol. The zero-order valence-corrected chi connectivity index (χ0v) is 16.4. The molecule has 1 aliphatic heterocycles. The van der Waals surface area contributed by atoms with Crippen LogP contribution in [-0.4, -0.2) is 55.7 Å². The third kappa shape index (κ3) is 8.41. The summed E-state index contributed by atoms with van der Waals surface area (Å²) in [5.74, 6) is -0.0412. The predicted octanol–water partition coefficient (Wildman–Crippen LogP) is 1.62. The van der Waals surface area contributed by atoms with Crippen LogP contribution in [0.2, 0.25) is 0 Å². The minimum absolute atomic E-state index is 0.0412. The molecule has 3 N–H and O–H groups in total. The maximum Gasteiger partial charge on any atom is 0.315 e. The summed E-state index contributed by atoms with van der Waals surface area (Å²) in [5, 5.41) is 8.44. The van der Waals surface area contributed by atoms with E-state index in [0.29, 0.717) is 13.1 Å². The Morgan fingerprint density at radius 1 is 1.19 bits per heavy atom. The molecule has 1 aromatic carbocycles. The van der Waals surface area contributed by atoms with Gasteiger partial charge in [0.15, 0.2) is 0 Å². The van der Waals surface area contributed by atoms with Crippen molar-refractivity contribution in [1.29, 1.82) is 0 Å². The van der Waals surface area contributed by atoms with Crippen molar-refractivity contribution in [2.24, 2.45) is 0 Å². The van der Waals surface area contributed by atoms with Crippen LogP contribution in [0.5, 0.6) is 0 Å². The molecule has 1 unspecified atom stereocenters. The molecule has 1 heterocycles. The second kappa shape index (κ2) is 11.6. The summed E-state index contributed by atoms with van der Waals surface area (Å²) in [6.45, 7) is 9.15. The van der Waals surface area contributed by atoms with Crippen LogP contribution < -0.4 is 16.0 Å². The number of hydrogen-bond acceptors (Lipinski definition) is 4. The van der Waals surface area contributed by atoms with Crippen LogP contribution in [-0.2, 0) is 22.6 Å². The van der Waals surface area contributed by atoms with Crippen LogP contribution in [0.1, 0.15) is 37.8 Å². The van der Waals surface area contributed by atoms with Gasteiger partial charge in [-0.25, -0.2) is 4.79 Å². The molecule has 1 saturated heterocycles. The van der Waals surface area contributed by atoms with Gasteiger partial charge >= 0.3 is 6.03 Å². The number of carbonyl (C=O) groups is 2. The number of benzene rings is 1. The van der Waals surface area contributed by atoms with Crippen molar-refractivity contribution < 1.29 is 14.3 Å². The quantitative estimate of drug-likeness (QED) is 0.612. The smallest absolute Gasteiger partial charge is 0.315 e. The highest BCUT2D eigenvalue weighted by atomic mass is 16.5. The van der Waals surface area contributed by atoms with E-state index in [0.717, 1.165) is 44.8 Å². The van der Waals surface area contributed by atoms with Crippen molar-refractivity contribution in [3.05, 3.63) is 35.4 Å². The standard InChI is InChI=1S/C20H32N4O3/c1-3-16(2)23-19(25)7-8-21-20(26)22-14-17-5-4-6-18(13-17)15-24-9-11-27-12-10-24/h4-6,13,16H,3,7-12,14-15H2,1-2H3,(H,23,25)(H2,21,22,26). The molecule has 3 amide bonds. The number of carbonyl (C=O) groups excluding carboxylic acids is 2. The minimum atomic E-state index is -0.259. The van der Waals surface area contributed by atoms with Crippen LogP contribution in [0.15, 0.2) is 24.3 Å². The van der Waals surface area contributed by atoms with E-state index in [4.69, 9.17) is 4.74 Å². The molecule has 150 valence electrons. The van der Waals surface area contributed by atoms with E-state index in [1.54, 1.807) is 0 Å². The molecule has 1 fully saturated rings. The van der Waals surface area contributed by atoms with Gasteiger partial charge in [0.1, 0.15) is 0 Å².